The Labute approximate surface area is 244 Å². The van der Waals surface area contributed by atoms with Crippen molar-refractivity contribution in [1.82, 2.24) is 0 Å². The second-order valence-corrected chi connectivity index (χ2v) is 8.05. The summed E-state index contributed by atoms with van der Waals surface area (Å²) in [6.07, 6.45) is 3.59. The molecule has 4 N–H and O–H groups in total. The molecule has 0 amide bonds. The van der Waals surface area contributed by atoms with Crippen LogP contribution in [-0.2, 0) is 26.1 Å². The fraction of sp³-hybridized carbons (Fsp3) is 0.273. The van der Waals surface area contributed by atoms with E-state index in [2.05, 4.69) is 37.6 Å². The van der Waals surface area contributed by atoms with E-state index in [0.717, 1.165) is 35.5 Å². The van der Waals surface area contributed by atoms with Crippen LogP contribution in [0.15, 0.2) is 97.1 Å². The highest BCUT2D eigenvalue weighted by molar-refractivity contribution is 6.15. The number of ether oxygens (including phenoxy) is 2. The minimum atomic E-state index is 0.0281. The molecule has 0 spiro atoms. The van der Waals surface area contributed by atoms with Gasteiger partial charge < -0.3 is 29.9 Å². The van der Waals surface area contributed by atoms with Crippen molar-refractivity contribution in [1.29, 1.82) is 0 Å². The van der Waals surface area contributed by atoms with Crippen molar-refractivity contribution in [3.8, 4) is 23.0 Å². The maximum Gasteiger partial charge on any atom is 0.118 e. The molecule has 0 radical (unpaired) electrons. The second-order valence-electron chi connectivity index (χ2n) is 8.05. The molecule has 0 aliphatic heterocycles. The second kappa shape index (κ2) is 23.2. The molecule has 0 saturated heterocycles. The summed E-state index contributed by atoms with van der Waals surface area (Å²) in [4.78, 5) is 0. The largest absolute Gasteiger partial charge is 0.508 e. The van der Waals surface area contributed by atoms with E-state index in [1.807, 2.05) is 48.5 Å². The number of aryl methyl sites for hydroxylation is 2. The summed E-state index contributed by atoms with van der Waals surface area (Å²) in [5, 5.41) is 34.8. The fourth-order valence-corrected chi connectivity index (χ4v) is 2.93. The van der Waals surface area contributed by atoms with E-state index < -0.39 is 0 Å². The van der Waals surface area contributed by atoms with Gasteiger partial charge in [-0.25, -0.2) is 0 Å². The molecule has 6 nitrogen and oxygen atoms in total. The Kier molecular flexibility index (Phi) is 21.0. The first kappa shape index (κ1) is 36.3. The van der Waals surface area contributed by atoms with Crippen molar-refractivity contribution in [2.75, 3.05) is 20.6 Å². The van der Waals surface area contributed by atoms with Gasteiger partial charge in [0.1, 0.15) is 23.0 Å². The van der Waals surface area contributed by atoms with E-state index in [0.29, 0.717) is 5.75 Å². The molecule has 4 aromatic rings. The molecule has 4 aromatic carbocycles. The number of aromatic hydroxyl groups is 2. The molecular weight excluding hydrogens is 528 g/mol. The van der Waals surface area contributed by atoms with Gasteiger partial charge in [0.2, 0.25) is 0 Å². The quantitative estimate of drug-likeness (QED) is 0.184. The van der Waals surface area contributed by atoms with Crippen LogP contribution in [0, 0.1) is 0 Å². The number of methoxy groups -OCH3 is 2. The zero-order valence-electron chi connectivity index (χ0n) is 24.0. The molecule has 218 valence electrons. The van der Waals surface area contributed by atoms with E-state index in [4.69, 9.17) is 29.9 Å². The van der Waals surface area contributed by atoms with Crippen molar-refractivity contribution >= 4 is 11.6 Å². The molecule has 0 fully saturated rings. The van der Waals surface area contributed by atoms with Gasteiger partial charge in [0, 0.05) is 6.38 Å². The van der Waals surface area contributed by atoms with E-state index in [9.17, 15) is 0 Å². The number of phenols is 2. The summed E-state index contributed by atoms with van der Waals surface area (Å²) >= 11 is 4.64. The first-order valence-corrected chi connectivity index (χ1v) is 13.6. The van der Waals surface area contributed by atoms with Gasteiger partial charge in [-0.2, -0.15) is 0 Å². The summed E-state index contributed by atoms with van der Waals surface area (Å²) in [6.45, 7) is 4.35. The lowest BCUT2D eigenvalue weighted by atomic mass is 10.2. The summed E-state index contributed by atoms with van der Waals surface area (Å²) in [6, 6.07) is 29.2. The highest BCUT2D eigenvalue weighted by Gasteiger charge is 1.91. The topological polar surface area (TPSA) is 99.4 Å². The average Bonchev–Trinajstić information content (AvgIpc) is 3.04. The molecule has 0 heterocycles. The SMILES string of the molecule is CCc1ccc(O)cc1.CCc1ccc(OC)cc1.CCl.COc1ccc(CO)cc1.OCc1ccc(O)cc1. The third-order valence-electron chi connectivity index (χ3n) is 5.37. The van der Waals surface area contributed by atoms with Crippen LogP contribution < -0.4 is 9.47 Å². The molecule has 0 saturated carbocycles. The Morgan fingerprint density at radius 3 is 0.975 bits per heavy atom. The lowest BCUT2D eigenvalue weighted by Gasteiger charge is -1.99. The van der Waals surface area contributed by atoms with Crippen LogP contribution in [0.2, 0.25) is 0 Å². The van der Waals surface area contributed by atoms with Crippen LogP contribution in [0.25, 0.3) is 0 Å². The number of aliphatic hydroxyl groups excluding tert-OH is 2. The van der Waals surface area contributed by atoms with Crippen LogP contribution in [0.3, 0.4) is 0 Å². The smallest absolute Gasteiger partial charge is 0.118 e. The van der Waals surface area contributed by atoms with Gasteiger partial charge in [-0.15, -0.1) is 11.6 Å². The number of rotatable bonds is 6. The van der Waals surface area contributed by atoms with Gasteiger partial charge in [0.05, 0.1) is 27.4 Å². The van der Waals surface area contributed by atoms with Gasteiger partial charge in [-0.05, 0) is 83.6 Å². The minimum absolute atomic E-state index is 0.0281. The average molecular weight is 571 g/mol. The maximum absolute atomic E-state index is 8.85. The van der Waals surface area contributed by atoms with Gasteiger partial charge in [-0.1, -0.05) is 62.4 Å². The first-order chi connectivity index (χ1) is 19.4. The predicted molar refractivity (Wildman–Crippen MR) is 165 cm³/mol. The van der Waals surface area contributed by atoms with E-state index in [-0.39, 0.29) is 19.0 Å². The molecule has 0 aliphatic carbocycles. The van der Waals surface area contributed by atoms with Crippen LogP contribution >= 0.6 is 11.6 Å². The number of alkyl halides is 1. The molecule has 40 heavy (non-hydrogen) atoms. The third kappa shape index (κ3) is 16.3. The normalized spacial score (nSPS) is 9.10. The van der Waals surface area contributed by atoms with Crippen molar-refractivity contribution < 1.29 is 29.9 Å². The van der Waals surface area contributed by atoms with Gasteiger partial charge in [0.25, 0.3) is 0 Å². The van der Waals surface area contributed by atoms with Crippen LogP contribution in [0.1, 0.15) is 36.1 Å². The van der Waals surface area contributed by atoms with E-state index in [1.54, 1.807) is 50.6 Å². The minimum Gasteiger partial charge on any atom is -0.508 e. The number of aliphatic hydroxyl groups is 2. The van der Waals surface area contributed by atoms with Crippen LogP contribution in [-0.4, -0.2) is 41.0 Å². The Balaban J connectivity index is 0.000000497. The summed E-state index contributed by atoms with van der Waals surface area (Å²) in [5.41, 5.74) is 4.32. The Hall–Kier alpha value is -3.71. The Bertz CT molecular complexity index is 975. The molecule has 0 unspecified atom stereocenters. The standard InChI is InChI=1S/C9H12O.C8H10O2.C8H10O.C7H8O2.CH3Cl/c1-3-8-4-6-9(10-2)7-5-8;1-10-8-4-2-7(6-9)3-5-8;1-2-7-3-5-8(9)6-4-7;8-5-6-1-3-7(9)4-2-6;1-2/h4-7H,3H2,1-2H3;2-5,9H,6H2,1H3;3-6,9H,2H2,1H3;1-4,8-9H,5H2;1H3. The maximum atomic E-state index is 8.85. The molecule has 0 bridgehead atoms. The van der Waals surface area contributed by atoms with E-state index >= 15 is 0 Å². The zero-order valence-corrected chi connectivity index (χ0v) is 24.8. The number of halogens is 1. The highest BCUT2D eigenvalue weighted by atomic mass is 35.5. The molecule has 4 rings (SSSR count). The van der Waals surface area contributed by atoms with Crippen molar-refractivity contribution in [2.24, 2.45) is 0 Å². The molecule has 0 atom stereocenters. The zero-order chi connectivity index (χ0) is 30.2. The number of hydrogen-bond donors (Lipinski definition) is 4. The van der Waals surface area contributed by atoms with Crippen molar-refractivity contribution in [2.45, 2.75) is 39.9 Å². The van der Waals surface area contributed by atoms with Crippen molar-refractivity contribution in [3.05, 3.63) is 119 Å². The van der Waals surface area contributed by atoms with Crippen LogP contribution in [0.5, 0.6) is 23.0 Å². The van der Waals surface area contributed by atoms with Gasteiger partial charge >= 0.3 is 0 Å². The third-order valence-corrected chi connectivity index (χ3v) is 5.37. The number of hydrogen-bond acceptors (Lipinski definition) is 6. The Morgan fingerprint density at radius 1 is 0.475 bits per heavy atom. The molecule has 7 heteroatoms. The number of benzene rings is 4. The lowest BCUT2D eigenvalue weighted by molar-refractivity contribution is 0.281. The fourth-order valence-electron chi connectivity index (χ4n) is 2.93. The Morgan fingerprint density at radius 2 is 0.725 bits per heavy atom. The monoisotopic (exact) mass is 570 g/mol. The van der Waals surface area contributed by atoms with Gasteiger partial charge in [0.15, 0.2) is 0 Å². The van der Waals surface area contributed by atoms with E-state index in [1.165, 1.54) is 17.5 Å². The molecule has 0 aromatic heterocycles. The molecule has 0 aliphatic rings. The number of phenolic OH excluding ortho intramolecular Hbond substituents is 2. The summed E-state index contributed by atoms with van der Waals surface area (Å²) in [5.74, 6) is 2.31. The predicted octanol–water partition coefficient (Wildman–Crippen LogP) is 7.14. The first-order valence-electron chi connectivity index (χ1n) is 12.8. The van der Waals surface area contributed by atoms with Crippen molar-refractivity contribution in [3.63, 3.8) is 0 Å². The molecular formula is C33H43ClO6. The summed E-state index contributed by atoms with van der Waals surface area (Å²) in [7, 11) is 3.30. The van der Waals surface area contributed by atoms with Crippen LogP contribution in [0.4, 0.5) is 0 Å². The lowest BCUT2D eigenvalue weighted by Crippen LogP contribution is -1.84. The van der Waals surface area contributed by atoms with Gasteiger partial charge in [-0.3, -0.25) is 0 Å². The highest BCUT2D eigenvalue weighted by Crippen LogP contribution is 2.12. The summed E-state index contributed by atoms with van der Waals surface area (Å²) < 4.78 is 9.95.